The molecule has 6 heteroatoms. The van der Waals surface area contributed by atoms with E-state index in [2.05, 4.69) is 10.3 Å². The number of methoxy groups -OCH3 is 1. The van der Waals surface area contributed by atoms with Gasteiger partial charge in [-0.1, -0.05) is 18.2 Å². The lowest BCUT2D eigenvalue weighted by Gasteiger charge is -2.09. The molecule has 0 saturated carbocycles. The molecule has 0 aliphatic heterocycles. The Labute approximate surface area is 150 Å². The number of rotatable bonds is 4. The highest BCUT2D eigenvalue weighted by Gasteiger charge is 2.13. The van der Waals surface area contributed by atoms with Gasteiger partial charge in [0.1, 0.15) is 11.5 Å². The monoisotopic (exact) mass is 350 g/mol. The molecule has 0 bridgehead atoms. The van der Waals surface area contributed by atoms with Crippen molar-refractivity contribution in [1.29, 1.82) is 0 Å². The van der Waals surface area contributed by atoms with Crippen LogP contribution in [0.4, 0.5) is 5.69 Å². The number of phenolic OH excluding ortho intramolecular Hbond substituents is 1. The zero-order valence-corrected chi connectivity index (χ0v) is 14.4. The van der Waals surface area contributed by atoms with Gasteiger partial charge in [-0.2, -0.15) is 0 Å². The third-order valence-electron chi connectivity index (χ3n) is 3.96. The van der Waals surface area contributed by atoms with Crippen LogP contribution in [0.5, 0.6) is 11.5 Å². The minimum Gasteiger partial charge on any atom is -0.507 e. The Hall–Kier alpha value is -3.54. The molecule has 0 spiro atoms. The minimum atomic E-state index is -0.463. The number of aryl methyl sites for hydroxylation is 1. The first-order valence-corrected chi connectivity index (χ1v) is 7.96. The Morgan fingerprint density at radius 3 is 2.50 bits per heavy atom. The van der Waals surface area contributed by atoms with Crippen LogP contribution in [0.3, 0.4) is 0 Å². The van der Waals surface area contributed by atoms with Crippen molar-refractivity contribution in [1.82, 2.24) is 4.98 Å². The van der Waals surface area contributed by atoms with Crippen LogP contribution in [0.2, 0.25) is 0 Å². The lowest BCUT2D eigenvalue weighted by Crippen LogP contribution is -2.15. The molecule has 3 N–H and O–H groups in total. The van der Waals surface area contributed by atoms with Crippen LogP contribution >= 0.6 is 0 Å². The number of aromatic hydroxyl groups is 1. The number of carbonyl (C=O) groups is 1. The molecular formula is C20H18N2O4. The van der Waals surface area contributed by atoms with Crippen molar-refractivity contribution >= 4 is 11.6 Å². The summed E-state index contributed by atoms with van der Waals surface area (Å²) in [4.78, 5) is 27.1. The number of nitrogens with one attached hydrogen (secondary N) is 2. The van der Waals surface area contributed by atoms with Gasteiger partial charge in [0, 0.05) is 11.8 Å². The van der Waals surface area contributed by atoms with Gasteiger partial charge in [0.15, 0.2) is 0 Å². The average molecular weight is 350 g/mol. The molecule has 3 rings (SSSR count). The molecule has 1 heterocycles. The number of phenols is 1. The number of aromatic nitrogens is 1. The number of aromatic amines is 1. The van der Waals surface area contributed by atoms with Crippen LogP contribution in [0.1, 0.15) is 15.9 Å². The third kappa shape index (κ3) is 3.59. The maximum absolute atomic E-state index is 12.4. The number of benzene rings is 2. The Kier molecular flexibility index (Phi) is 4.75. The van der Waals surface area contributed by atoms with Crippen LogP contribution in [0.15, 0.2) is 59.5 Å². The van der Waals surface area contributed by atoms with Crippen molar-refractivity contribution in [3.63, 3.8) is 0 Å². The topological polar surface area (TPSA) is 91.4 Å². The van der Waals surface area contributed by atoms with Crippen molar-refractivity contribution in [3.8, 4) is 22.6 Å². The Bertz CT molecular complexity index is 1010. The third-order valence-corrected chi connectivity index (χ3v) is 3.96. The van der Waals surface area contributed by atoms with E-state index < -0.39 is 5.91 Å². The molecule has 0 aliphatic rings. The molecule has 132 valence electrons. The number of hydrogen-bond acceptors (Lipinski definition) is 4. The summed E-state index contributed by atoms with van der Waals surface area (Å²) in [6.07, 6.45) is 1.42. The van der Waals surface area contributed by atoms with Gasteiger partial charge >= 0.3 is 0 Å². The van der Waals surface area contributed by atoms with Gasteiger partial charge in [-0.15, -0.1) is 0 Å². The molecule has 0 radical (unpaired) electrons. The number of amides is 1. The summed E-state index contributed by atoms with van der Waals surface area (Å²) in [6, 6.07) is 13.4. The summed E-state index contributed by atoms with van der Waals surface area (Å²) in [5, 5.41) is 12.6. The summed E-state index contributed by atoms with van der Waals surface area (Å²) in [7, 11) is 1.57. The molecular weight excluding hydrogens is 332 g/mol. The smallest absolute Gasteiger partial charge is 0.259 e. The summed E-state index contributed by atoms with van der Waals surface area (Å²) >= 11 is 0. The van der Waals surface area contributed by atoms with Gasteiger partial charge in [-0.05, 0) is 48.4 Å². The standard InChI is InChI=1S/C20H18N2O4/c1-12-3-8-16(18(23)9-12)20(25)22-14-10-17(19(24)21-11-14)13-4-6-15(26-2)7-5-13/h3-11,23H,1-2H3,(H,21,24)(H,22,25). The average Bonchev–Trinajstić information content (AvgIpc) is 2.63. The van der Waals surface area contributed by atoms with Crippen LogP contribution in [-0.4, -0.2) is 23.1 Å². The van der Waals surface area contributed by atoms with Gasteiger partial charge in [-0.25, -0.2) is 0 Å². The van der Waals surface area contributed by atoms with Gasteiger partial charge in [0.2, 0.25) is 0 Å². The fourth-order valence-electron chi connectivity index (χ4n) is 2.57. The van der Waals surface area contributed by atoms with Gasteiger partial charge < -0.3 is 20.1 Å². The molecule has 6 nitrogen and oxygen atoms in total. The molecule has 0 unspecified atom stereocenters. The first-order valence-electron chi connectivity index (χ1n) is 7.96. The number of pyridine rings is 1. The van der Waals surface area contributed by atoms with E-state index in [1.807, 2.05) is 6.92 Å². The van der Waals surface area contributed by atoms with E-state index in [0.717, 1.165) is 5.56 Å². The van der Waals surface area contributed by atoms with E-state index >= 15 is 0 Å². The molecule has 0 atom stereocenters. The minimum absolute atomic E-state index is 0.0951. The SMILES string of the molecule is COc1ccc(-c2cc(NC(=O)c3ccc(C)cc3O)c[nH]c2=O)cc1. The maximum atomic E-state index is 12.4. The zero-order valence-electron chi connectivity index (χ0n) is 14.4. The zero-order chi connectivity index (χ0) is 18.7. The van der Waals surface area contributed by atoms with Crippen LogP contribution in [-0.2, 0) is 0 Å². The van der Waals surface area contributed by atoms with Gasteiger partial charge in [-0.3, -0.25) is 9.59 Å². The molecule has 0 aliphatic carbocycles. The van der Waals surface area contributed by atoms with E-state index in [1.165, 1.54) is 12.3 Å². The van der Waals surface area contributed by atoms with Crippen LogP contribution in [0.25, 0.3) is 11.1 Å². The summed E-state index contributed by atoms with van der Waals surface area (Å²) < 4.78 is 5.11. The summed E-state index contributed by atoms with van der Waals surface area (Å²) in [5.41, 5.74) is 2.27. The highest BCUT2D eigenvalue weighted by Crippen LogP contribution is 2.23. The Balaban J connectivity index is 1.89. The normalized spacial score (nSPS) is 10.4. The van der Waals surface area contributed by atoms with Crippen LogP contribution in [0, 0.1) is 6.92 Å². The molecule has 0 saturated heterocycles. The van der Waals surface area contributed by atoms with Crippen molar-refractivity contribution in [2.45, 2.75) is 6.92 Å². The molecule has 1 aromatic heterocycles. The Morgan fingerprint density at radius 2 is 1.85 bits per heavy atom. The fourth-order valence-corrected chi connectivity index (χ4v) is 2.57. The predicted molar refractivity (Wildman–Crippen MR) is 99.8 cm³/mol. The highest BCUT2D eigenvalue weighted by atomic mass is 16.5. The second-order valence-corrected chi connectivity index (χ2v) is 5.83. The lowest BCUT2D eigenvalue weighted by molar-refractivity contribution is 0.102. The highest BCUT2D eigenvalue weighted by molar-refractivity contribution is 6.06. The Morgan fingerprint density at radius 1 is 1.12 bits per heavy atom. The van der Waals surface area contributed by atoms with Crippen molar-refractivity contribution in [3.05, 3.63) is 76.2 Å². The second kappa shape index (κ2) is 7.14. The number of carbonyl (C=O) groups excluding carboxylic acids is 1. The first kappa shape index (κ1) is 17.3. The molecule has 1 amide bonds. The van der Waals surface area contributed by atoms with Gasteiger partial charge in [0.05, 0.1) is 18.4 Å². The van der Waals surface area contributed by atoms with E-state index in [4.69, 9.17) is 4.74 Å². The van der Waals surface area contributed by atoms with E-state index in [0.29, 0.717) is 22.6 Å². The molecule has 0 fully saturated rings. The second-order valence-electron chi connectivity index (χ2n) is 5.83. The van der Waals surface area contributed by atoms with E-state index in [9.17, 15) is 14.7 Å². The van der Waals surface area contributed by atoms with Crippen molar-refractivity contribution < 1.29 is 14.6 Å². The first-order chi connectivity index (χ1) is 12.5. The largest absolute Gasteiger partial charge is 0.507 e. The number of anilines is 1. The fraction of sp³-hybridized carbons (Fsp3) is 0.100. The number of H-pyrrole nitrogens is 1. The van der Waals surface area contributed by atoms with Crippen molar-refractivity contribution in [2.24, 2.45) is 0 Å². The number of hydrogen-bond donors (Lipinski definition) is 3. The summed E-state index contributed by atoms with van der Waals surface area (Å²) in [6.45, 7) is 1.82. The van der Waals surface area contributed by atoms with Gasteiger partial charge in [0.25, 0.3) is 11.5 Å². The maximum Gasteiger partial charge on any atom is 0.259 e. The number of ether oxygens (including phenoxy) is 1. The van der Waals surface area contributed by atoms with Crippen LogP contribution < -0.4 is 15.6 Å². The lowest BCUT2D eigenvalue weighted by atomic mass is 10.1. The van der Waals surface area contributed by atoms with E-state index in [-0.39, 0.29) is 16.9 Å². The van der Waals surface area contributed by atoms with E-state index in [1.54, 1.807) is 49.6 Å². The molecule has 26 heavy (non-hydrogen) atoms. The predicted octanol–water partition coefficient (Wildman–Crippen LogP) is 3.32. The molecule has 3 aromatic rings. The summed E-state index contributed by atoms with van der Waals surface area (Å²) in [5.74, 6) is 0.127. The quantitative estimate of drug-likeness (QED) is 0.673. The van der Waals surface area contributed by atoms with Crippen molar-refractivity contribution in [2.75, 3.05) is 12.4 Å². The molecule has 2 aromatic carbocycles.